The van der Waals surface area contributed by atoms with Gasteiger partial charge in [0.1, 0.15) is 4.21 Å². The van der Waals surface area contributed by atoms with Crippen molar-refractivity contribution in [3.63, 3.8) is 0 Å². The predicted octanol–water partition coefficient (Wildman–Crippen LogP) is 2.76. The van der Waals surface area contributed by atoms with Crippen LogP contribution in [0.5, 0.6) is 0 Å². The summed E-state index contributed by atoms with van der Waals surface area (Å²) in [7, 11) is -3.20. The maximum absolute atomic E-state index is 12.1. The number of benzene rings is 1. The van der Waals surface area contributed by atoms with E-state index >= 15 is 0 Å². The summed E-state index contributed by atoms with van der Waals surface area (Å²) in [6, 6.07) is 9.51. The molecule has 0 aromatic heterocycles. The van der Waals surface area contributed by atoms with Crippen LogP contribution >= 0.6 is 11.6 Å². The number of alkyl halides is 1. The van der Waals surface area contributed by atoms with Gasteiger partial charge in [-0.15, -0.1) is 11.6 Å². The summed E-state index contributed by atoms with van der Waals surface area (Å²) in [6.07, 6.45) is 1.90. The third kappa shape index (κ3) is 2.25. The molecule has 1 aliphatic rings. The van der Waals surface area contributed by atoms with Gasteiger partial charge in [0.15, 0.2) is 9.84 Å². The van der Waals surface area contributed by atoms with E-state index in [4.69, 9.17) is 11.6 Å². The van der Waals surface area contributed by atoms with E-state index in [2.05, 4.69) is 0 Å². The minimum atomic E-state index is -3.20. The van der Waals surface area contributed by atoms with Crippen LogP contribution in [0.1, 0.15) is 25.3 Å². The quantitative estimate of drug-likeness (QED) is 0.779. The first-order valence-electron chi connectivity index (χ1n) is 5.40. The highest BCUT2D eigenvalue weighted by Gasteiger charge is 2.47. The zero-order chi connectivity index (χ0) is 11.8. The summed E-state index contributed by atoms with van der Waals surface area (Å²) in [5.74, 6) is 0. The molecule has 4 heteroatoms. The molecule has 0 N–H and O–H groups in total. The van der Waals surface area contributed by atoms with Gasteiger partial charge < -0.3 is 0 Å². The molecular weight excluding hydrogens is 244 g/mol. The zero-order valence-electron chi connectivity index (χ0n) is 9.19. The van der Waals surface area contributed by atoms with Crippen molar-refractivity contribution in [2.75, 3.05) is 0 Å². The van der Waals surface area contributed by atoms with Crippen molar-refractivity contribution in [1.29, 1.82) is 0 Å². The van der Waals surface area contributed by atoms with Gasteiger partial charge in [0.05, 0.1) is 5.25 Å². The van der Waals surface area contributed by atoms with Crippen molar-refractivity contribution in [3.8, 4) is 0 Å². The molecule has 1 aromatic rings. The molecule has 1 aromatic carbocycles. The number of sulfone groups is 1. The van der Waals surface area contributed by atoms with Crippen LogP contribution in [-0.2, 0) is 16.3 Å². The van der Waals surface area contributed by atoms with E-state index in [-0.39, 0.29) is 5.25 Å². The van der Waals surface area contributed by atoms with Crippen LogP contribution in [0.2, 0.25) is 0 Å². The summed E-state index contributed by atoms with van der Waals surface area (Å²) in [6.45, 7) is 1.61. The largest absolute Gasteiger partial charge is 0.227 e. The van der Waals surface area contributed by atoms with E-state index < -0.39 is 14.0 Å². The van der Waals surface area contributed by atoms with Crippen molar-refractivity contribution < 1.29 is 8.42 Å². The van der Waals surface area contributed by atoms with Gasteiger partial charge in [0.25, 0.3) is 0 Å². The minimum Gasteiger partial charge on any atom is -0.227 e. The first-order chi connectivity index (χ1) is 7.43. The van der Waals surface area contributed by atoms with Crippen molar-refractivity contribution in [2.45, 2.75) is 35.6 Å². The molecule has 0 aliphatic heterocycles. The normalized spacial score (nSPS) is 20.4. The fourth-order valence-electron chi connectivity index (χ4n) is 1.79. The lowest BCUT2D eigenvalue weighted by atomic mass is 10.1. The Bertz CT molecular complexity index is 461. The van der Waals surface area contributed by atoms with E-state index in [1.54, 1.807) is 6.92 Å². The topological polar surface area (TPSA) is 34.1 Å². The van der Waals surface area contributed by atoms with Crippen molar-refractivity contribution in [2.24, 2.45) is 0 Å². The lowest BCUT2D eigenvalue weighted by Gasteiger charge is -2.22. The van der Waals surface area contributed by atoms with Gasteiger partial charge >= 0.3 is 0 Å². The molecule has 1 fully saturated rings. The fourth-order valence-corrected chi connectivity index (χ4v) is 4.14. The SMILES string of the molecule is CC(Cl)(Cc1ccccc1)S(=O)(=O)C1CC1. The van der Waals surface area contributed by atoms with E-state index in [0.717, 1.165) is 18.4 Å². The highest BCUT2D eigenvalue weighted by atomic mass is 35.5. The van der Waals surface area contributed by atoms with Gasteiger partial charge in [-0.3, -0.25) is 0 Å². The summed E-state index contributed by atoms with van der Waals surface area (Å²) in [4.78, 5) is 0. The van der Waals surface area contributed by atoms with Gasteiger partial charge in [0.2, 0.25) is 0 Å². The lowest BCUT2D eigenvalue weighted by Crippen LogP contribution is -2.34. The van der Waals surface area contributed by atoms with E-state index in [0.29, 0.717) is 6.42 Å². The van der Waals surface area contributed by atoms with Crippen molar-refractivity contribution in [3.05, 3.63) is 35.9 Å². The number of hydrogen-bond acceptors (Lipinski definition) is 2. The maximum atomic E-state index is 12.1. The molecule has 1 aliphatic carbocycles. The molecule has 1 atom stereocenters. The second-order valence-electron chi connectivity index (χ2n) is 4.51. The van der Waals surface area contributed by atoms with Gasteiger partial charge in [-0.1, -0.05) is 30.3 Å². The first-order valence-corrected chi connectivity index (χ1v) is 7.32. The Kier molecular flexibility index (Phi) is 3.01. The van der Waals surface area contributed by atoms with Crippen LogP contribution in [-0.4, -0.2) is 17.9 Å². The molecule has 0 bridgehead atoms. The predicted molar refractivity (Wildman–Crippen MR) is 66.3 cm³/mol. The summed E-state index contributed by atoms with van der Waals surface area (Å²) in [5, 5.41) is -0.210. The number of halogens is 1. The molecule has 0 heterocycles. The molecule has 0 amide bonds. The van der Waals surface area contributed by atoms with Crippen LogP contribution in [0.4, 0.5) is 0 Å². The van der Waals surface area contributed by atoms with Gasteiger partial charge in [-0.25, -0.2) is 8.42 Å². The summed E-state index contributed by atoms with van der Waals surface area (Å²) in [5.41, 5.74) is 0.962. The third-order valence-electron chi connectivity index (χ3n) is 2.92. The molecule has 0 spiro atoms. The van der Waals surface area contributed by atoms with Gasteiger partial charge in [-0.2, -0.15) is 0 Å². The van der Waals surface area contributed by atoms with Crippen LogP contribution in [0, 0.1) is 0 Å². The average molecular weight is 259 g/mol. The second-order valence-corrected chi connectivity index (χ2v) is 8.22. The molecule has 2 nitrogen and oxygen atoms in total. The summed E-state index contributed by atoms with van der Waals surface area (Å²) < 4.78 is 23.0. The first kappa shape index (κ1) is 11.9. The molecule has 88 valence electrons. The third-order valence-corrected chi connectivity index (χ3v) is 6.38. The Morgan fingerprint density at radius 2 is 1.88 bits per heavy atom. The Labute approximate surface area is 102 Å². The molecule has 1 saturated carbocycles. The Morgan fingerprint density at radius 1 is 1.31 bits per heavy atom. The average Bonchev–Trinajstić information content (AvgIpc) is 3.01. The van der Waals surface area contributed by atoms with Crippen LogP contribution in [0.25, 0.3) is 0 Å². The Balaban J connectivity index is 2.20. The number of hydrogen-bond donors (Lipinski definition) is 0. The molecule has 16 heavy (non-hydrogen) atoms. The van der Waals surface area contributed by atoms with Crippen molar-refractivity contribution >= 4 is 21.4 Å². The van der Waals surface area contributed by atoms with Gasteiger partial charge in [0, 0.05) is 6.42 Å². The fraction of sp³-hybridized carbons (Fsp3) is 0.500. The molecular formula is C12H15ClO2S. The molecule has 0 saturated heterocycles. The standard InChI is InChI=1S/C12H15ClO2S/c1-12(13,16(14,15)11-7-8-11)9-10-5-3-2-4-6-10/h2-6,11H,7-9H2,1H3. The Morgan fingerprint density at radius 3 is 2.38 bits per heavy atom. The molecule has 1 unspecified atom stereocenters. The highest BCUT2D eigenvalue weighted by molar-refractivity contribution is 7.95. The minimum absolute atomic E-state index is 0.210. The zero-order valence-corrected chi connectivity index (χ0v) is 10.8. The van der Waals surface area contributed by atoms with Crippen LogP contribution < -0.4 is 0 Å². The Hall–Kier alpha value is -0.540. The highest BCUT2D eigenvalue weighted by Crippen LogP contribution is 2.39. The second kappa shape index (κ2) is 4.04. The lowest BCUT2D eigenvalue weighted by molar-refractivity contribution is 0.572. The smallest absolute Gasteiger partial charge is 0.172 e. The van der Waals surface area contributed by atoms with E-state index in [1.165, 1.54) is 0 Å². The van der Waals surface area contributed by atoms with Crippen molar-refractivity contribution in [1.82, 2.24) is 0 Å². The number of rotatable bonds is 4. The van der Waals surface area contributed by atoms with E-state index in [9.17, 15) is 8.42 Å². The molecule has 0 radical (unpaired) electrons. The van der Waals surface area contributed by atoms with Crippen LogP contribution in [0.15, 0.2) is 30.3 Å². The van der Waals surface area contributed by atoms with E-state index in [1.807, 2.05) is 30.3 Å². The summed E-state index contributed by atoms with van der Waals surface area (Å²) >= 11 is 6.21. The van der Waals surface area contributed by atoms with Crippen LogP contribution in [0.3, 0.4) is 0 Å². The molecule has 2 rings (SSSR count). The van der Waals surface area contributed by atoms with Gasteiger partial charge in [-0.05, 0) is 25.3 Å². The monoisotopic (exact) mass is 258 g/mol. The maximum Gasteiger partial charge on any atom is 0.172 e.